The van der Waals surface area contributed by atoms with Crippen LogP contribution in [0.2, 0.25) is 0 Å². The van der Waals surface area contributed by atoms with Crippen LogP contribution in [0.1, 0.15) is 42.1 Å². The number of aromatic nitrogens is 4. The third kappa shape index (κ3) is 8.70. The van der Waals surface area contributed by atoms with E-state index in [1.54, 1.807) is 10.8 Å². The van der Waals surface area contributed by atoms with Gasteiger partial charge in [-0.15, -0.1) is 13.2 Å². The summed E-state index contributed by atoms with van der Waals surface area (Å²) in [5.74, 6) is -0.538. The smallest absolute Gasteiger partial charge is 0.406 e. The van der Waals surface area contributed by atoms with Crippen molar-refractivity contribution in [1.82, 2.24) is 25.1 Å². The predicted molar refractivity (Wildman–Crippen MR) is 131 cm³/mol. The Morgan fingerprint density at radius 2 is 1.89 bits per heavy atom. The predicted octanol–water partition coefficient (Wildman–Crippen LogP) is 4.79. The molecular weight excluding hydrogens is 491 g/mol. The molecule has 2 heterocycles. The SMILES string of the molecule is CC(C)=CCn1cc(NC(=O)Nc2ccc(OC(F)(F)F)cc2)nc1C(=O)NCCCc1cn[nH]c1C. The van der Waals surface area contributed by atoms with E-state index in [1.165, 1.54) is 18.3 Å². The third-order valence-corrected chi connectivity index (χ3v) is 5.11. The number of nitrogens with zero attached hydrogens (tertiary/aromatic N) is 3. The molecule has 3 amide bonds. The van der Waals surface area contributed by atoms with Gasteiger partial charge in [0.2, 0.25) is 5.82 Å². The van der Waals surface area contributed by atoms with E-state index in [0.29, 0.717) is 19.5 Å². The minimum Gasteiger partial charge on any atom is -0.406 e. The number of carbonyl (C=O) groups is 2. The van der Waals surface area contributed by atoms with Crippen molar-refractivity contribution in [1.29, 1.82) is 0 Å². The number of carbonyl (C=O) groups excluding carboxylic acids is 2. The van der Waals surface area contributed by atoms with Gasteiger partial charge in [0.25, 0.3) is 5.91 Å². The molecule has 37 heavy (non-hydrogen) atoms. The number of nitrogens with one attached hydrogen (secondary N) is 4. The molecule has 0 aliphatic carbocycles. The molecular formula is C24H28F3N7O3. The zero-order valence-electron chi connectivity index (χ0n) is 20.6. The number of H-pyrrole nitrogens is 1. The van der Waals surface area contributed by atoms with Gasteiger partial charge in [0.1, 0.15) is 5.75 Å². The summed E-state index contributed by atoms with van der Waals surface area (Å²) in [7, 11) is 0. The molecule has 0 atom stereocenters. The van der Waals surface area contributed by atoms with Gasteiger partial charge in [0.05, 0.1) is 6.20 Å². The minimum absolute atomic E-state index is 0.126. The maximum Gasteiger partial charge on any atom is 0.573 e. The highest BCUT2D eigenvalue weighted by Crippen LogP contribution is 2.24. The Labute approximate surface area is 211 Å². The van der Waals surface area contributed by atoms with Crippen molar-refractivity contribution in [2.45, 2.75) is 46.5 Å². The van der Waals surface area contributed by atoms with Gasteiger partial charge < -0.3 is 19.9 Å². The van der Waals surface area contributed by atoms with Gasteiger partial charge in [-0.2, -0.15) is 5.10 Å². The standard InChI is InChI=1S/C24H28F3N7O3/c1-15(2)10-12-34-14-20(31-21(34)22(35)28-11-4-5-17-13-29-33-16(17)3)32-23(36)30-18-6-8-19(9-7-18)37-24(25,26)27/h6-10,13-14H,4-5,11-12H2,1-3H3,(H,28,35)(H,29,33)(H2,30,32,36). The molecule has 0 radical (unpaired) electrons. The van der Waals surface area contributed by atoms with E-state index in [2.05, 4.69) is 35.9 Å². The summed E-state index contributed by atoms with van der Waals surface area (Å²) in [5, 5.41) is 14.7. The zero-order chi connectivity index (χ0) is 27.0. The molecule has 3 rings (SSSR count). The van der Waals surface area contributed by atoms with Crippen molar-refractivity contribution in [2.24, 2.45) is 0 Å². The van der Waals surface area contributed by atoms with E-state index < -0.39 is 18.1 Å². The van der Waals surface area contributed by atoms with Crippen LogP contribution in [0.15, 0.2) is 48.3 Å². The Morgan fingerprint density at radius 1 is 1.16 bits per heavy atom. The first-order valence-electron chi connectivity index (χ1n) is 11.4. The van der Waals surface area contributed by atoms with Crippen LogP contribution >= 0.6 is 0 Å². The van der Waals surface area contributed by atoms with Crippen LogP contribution in [0.5, 0.6) is 5.75 Å². The molecule has 198 valence electrons. The molecule has 0 aliphatic rings. The molecule has 2 aromatic heterocycles. The van der Waals surface area contributed by atoms with Crippen LogP contribution in [-0.2, 0) is 13.0 Å². The number of aryl methyl sites for hydroxylation is 2. The second-order valence-electron chi connectivity index (χ2n) is 8.41. The second kappa shape index (κ2) is 12.1. The molecule has 0 bridgehead atoms. The number of urea groups is 1. The Bertz CT molecular complexity index is 1240. The summed E-state index contributed by atoms with van der Waals surface area (Å²) in [4.78, 5) is 29.5. The Morgan fingerprint density at radius 3 is 2.51 bits per heavy atom. The topological polar surface area (TPSA) is 126 Å². The molecule has 13 heteroatoms. The Kier molecular flexibility index (Phi) is 8.93. The highest BCUT2D eigenvalue weighted by atomic mass is 19.4. The van der Waals surface area contributed by atoms with Crippen molar-refractivity contribution in [2.75, 3.05) is 17.2 Å². The molecule has 0 spiro atoms. The molecule has 4 N–H and O–H groups in total. The molecule has 1 aromatic carbocycles. The number of hydrogen-bond donors (Lipinski definition) is 4. The number of hydrogen-bond acceptors (Lipinski definition) is 5. The summed E-state index contributed by atoms with van der Waals surface area (Å²) in [5.41, 5.74) is 3.35. The van der Waals surface area contributed by atoms with E-state index in [4.69, 9.17) is 0 Å². The van der Waals surface area contributed by atoms with E-state index in [1.807, 2.05) is 26.8 Å². The van der Waals surface area contributed by atoms with E-state index in [-0.39, 0.29) is 23.2 Å². The highest BCUT2D eigenvalue weighted by Gasteiger charge is 2.31. The van der Waals surface area contributed by atoms with Gasteiger partial charge in [0.15, 0.2) is 5.82 Å². The number of alkyl halides is 3. The molecule has 0 aliphatic heterocycles. The van der Waals surface area contributed by atoms with Gasteiger partial charge in [-0.25, -0.2) is 9.78 Å². The van der Waals surface area contributed by atoms with Crippen LogP contribution in [0.25, 0.3) is 0 Å². The molecule has 0 fully saturated rings. The zero-order valence-corrected chi connectivity index (χ0v) is 20.6. The number of halogens is 3. The summed E-state index contributed by atoms with van der Waals surface area (Å²) >= 11 is 0. The molecule has 3 aromatic rings. The van der Waals surface area contributed by atoms with Crippen molar-refractivity contribution in [3.05, 3.63) is 65.4 Å². The fourth-order valence-electron chi connectivity index (χ4n) is 3.28. The van der Waals surface area contributed by atoms with Crippen molar-refractivity contribution in [3.63, 3.8) is 0 Å². The number of benzene rings is 1. The highest BCUT2D eigenvalue weighted by molar-refractivity contribution is 5.99. The lowest BCUT2D eigenvalue weighted by Crippen LogP contribution is -2.28. The number of anilines is 2. The number of rotatable bonds is 10. The summed E-state index contributed by atoms with van der Waals surface area (Å²) < 4.78 is 42.3. The van der Waals surface area contributed by atoms with Gasteiger partial charge in [-0.05, 0) is 63.4 Å². The first kappa shape index (κ1) is 27.3. The van der Waals surface area contributed by atoms with Crippen LogP contribution in [-0.4, -0.2) is 44.6 Å². The monoisotopic (exact) mass is 519 g/mol. The van der Waals surface area contributed by atoms with Gasteiger partial charge >= 0.3 is 12.4 Å². The fraction of sp³-hybridized carbons (Fsp3) is 0.333. The third-order valence-electron chi connectivity index (χ3n) is 5.11. The average Bonchev–Trinajstić information content (AvgIpc) is 3.41. The summed E-state index contributed by atoms with van der Waals surface area (Å²) in [6.45, 7) is 6.58. The Hall–Kier alpha value is -4.29. The summed E-state index contributed by atoms with van der Waals surface area (Å²) in [6, 6.07) is 4.00. The minimum atomic E-state index is -4.81. The molecule has 0 saturated carbocycles. The number of imidazole rings is 1. The first-order valence-corrected chi connectivity index (χ1v) is 11.4. The Balaban J connectivity index is 1.61. The lowest BCUT2D eigenvalue weighted by atomic mass is 10.1. The van der Waals surface area contributed by atoms with E-state index in [0.717, 1.165) is 35.4 Å². The lowest BCUT2D eigenvalue weighted by molar-refractivity contribution is -0.274. The first-order chi connectivity index (χ1) is 17.5. The van der Waals surface area contributed by atoms with E-state index >= 15 is 0 Å². The van der Waals surface area contributed by atoms with E-state index in [9.17, 15) is 22.8 Å². The normalized spacial score (nSPS) is 11.1. The van der Waals surface area contributed by atoms with Gasteiger partial charge in [-0.1, -0.05) is 11.6 Å². The molecule has 0 saturated heterocycles. The van der Waals surface area contributed by atoms with Crippen LogP contribution < -0.4 is 20.7 Å². The van der Waals surface area contributed by atoms with Crippen LogP contribution in [0.3, 0.4) is 0 Å². The second-order valence-corrected chi connectivity index (χ2v) is 8.41. The molecule has 10 nitrogen and oxygen atoms in total. The number of allylic oxidation sites excluding steroid dienone is 2. The van der Waals surface area contributed by atoms with Crippen LogP contribution in [0, 0.1) is 6.92 Å². The molecule has 0 unspecified atom stereocenters. The fourth-order valence-corrected chi connectivity index (χ4v) is 3.28. The van der Waals surface area contributed by atoms with Gasteiger partial charge in [0, 0.05) is 30.7 Å². The lowest BCUT2D eigenvalue weighted by Gasteiger charge is -2.10. The maximum atomic E-state index is 12.8. The van der Waals surface area contributed by atoms with Crippen LogP contribution in [0.4, 0.5) is 29.5 Å². The average molecular weight is 520 g/mol. The van der Waals surface area contributed by atoms with Crippen molar-refractivity contribution in [3.8, 4) is 5.75 Å². The summed E-state index contributed by atoms with van der Waals surface area (Å²) in [6.07, 6.45) is 1.86. The van der Waals surface area contributed by atoms with Crippen molar-refractivity contribution < 1.29 is 27.5 Å². The number of ether oxygens (including phenoxy) is 1. The van der Waals surface area contributed by atoms with Crippen molar-refractivity contribution >= 4 is 23.4 Å². The number of aromatic amines is 1. The van der Waals surface area contributed by atoms with Gasteiger partial charge in [-0.3, -0.25) is 15.2 Å². The quantitative estimate of drug-likeness (QED) is 0.226. The largest absolute Gasteiger partial charge is 0.573 e. The number of amides is 3. The maximum absolute atomic E-state index is 12.8.